The third-order valence-corrected chi connectivity index (χ3v) is 4.91. The molecule has 0 saturated carbocycles. The molecule has 3 rings (SSSR count). The molecule has 0 radical (unpaired) electrons. The summed E-state index contributed by atoms with van der Waals surface area (Å²) < 4.78 is 5.57. The average molecular weight is 448 g/mol. The quantitative estimate of drug-likeness (QED) is 0.218. The van der Waals surface area contributed by atoms with E-state index in [0.717, 1.165) is 5.56 Å². The summed E-state index contributed by atoms with van der Waals surface area (Å²) in [5.41, 5.74) is 3.02. The van der Waals surface area contributed by atoms with Crippen molar-refractivity contribution >= 4 is 40.5 Å². The zero-order valence-electron chi connectivity index (χ0n) is 17.0. The van der Waals surface area contributed by atoms with Gasteiger partial charge in [-0.1, -0.05) is 29.8 Å². The number of carbonyl (C=O) groups is 1. The Morgan fingerprint density at radius 2 is 1.94 bits per heavy atom. The van der Waals surface area contributed by atoms with E-state index in [1.807, 2.05) is 13.0 Å². The summed E-state index contributed by atoms with van der Waals surface area (Å²) in [6.07, 6.45) is 1.64. The van der Waals surface area contributed by atoms with E-state index in [4.69, 9.17) is 16.3 Å². The number of amides is 1. The zero-order valence-corrected chi connectivity index (χ0v) is 17.8. The second-order valence-electron chi connectivity index (χ2n) is 6.85. The number of hydrogen-bond donors (Lipinski definition) is 1. The summed E-state index contributed by atoms with van der Waals surface area (Å²) in [6.45, 7) is 1.67. The van der Waals surface area contributed by atoms with Gasteiger partial charge in [0.05, 0.1) is 16.6 Å². The molecule has 0 bridgehead atoms. The first kappa shape index (κ1) is 22.5. The van der Waals surface area contributed by atoms with Crippen LogP contribution in [0.15, 0.2) is 66.7 Å². The van der Waals surface area contributed by atoms with Gasteiger partial charge in [-0.2, -0.15) is 5.26 Å². The van der Waals surface area contributed by atoms with Crippen LogP contribution in [0.25, 0.3) is 11.6 Å². The predicted octanol–water partition coefficient (Wildman–Crippen LogP) is 5.64. The van der Waals surface area contributed by atoms with E-state index in [9.17, 15) is 20.2 Å². The number of halogens is 1. The minimum absolute atomic E-state index is 0.0485. The summed E-state index contributed by atoms with van der Waals surface area (Å²) in [6, 6.07) is 20.0. The summed E-state index contributed by atoms with van der Waals surface area (Å²) in [5.74, 6) is 0.117. The van der Waals surface area contributed by atoms with Gasteiger partial charge in [0.1, 0.15) is 5.75 Å². The largest absolute Gasteiger partial charge is 0.484 e. The van der Waals surface area contributed by atoms with Gasteiger partial charge in [-0.25, -0.2) is 0 Å². The fourth-order valence-electron chi connectivity index (χ4n) is 2.82. The minimum Gasteiger partial charge on any atom is -0.484 e. The average Bonchev–Trinajstić information content (AvgIpc) is 2.79. The molecule has 0 spiro atoms. The predicted molar refractivity (Wildman–Crippen MR) is 123 cm³/mol. The van der Waals surface area contributed by atoms with Crippen molar-refractivity contribution in [3.8, 4) is 11.8 Å². The Balaban J connectivity index is 1.67. The molecule has 7 nitrogen and oxygen atoms in total. The molecule has 1 amide bonds. The number of non-ortho nitro benzene ring substituents is 1. The van der Waals surface area contributed by atoms with Crippen molar-refractivity contribution in [2.75, 3.05) is 11.9 Å². The van der Waals surface area contributed by atoms with Gasteiger partial charge in [-0.3, -0.25) is 14.9 Å². The molecule has 32 heavy (non-hydrogen) atoms. The van der Waals surface area contributed by atoms with Crippen molar-refractivity contribution in [2.45, 2.75) is 6.92 Å². The number of nitrogens with one attached hydrogen (secondary N) is 1. The first-order valence-electron chi connectivity index (χ1n) is 9.51. The lowest BCUT2D eigenvalue weighted by Gasteiger charge is -2.09. The molecule has 0 aliphatic heterocycles. The molecule has 0 saturated heterocycles. The van der Waals surface area contributed by atoms with E-state index in [1.165, 1.54) is 24.3 Å². The molecule has 0 fully saturated rings. The van der Waals surface area contributed by atoms with Gasteiger partial charge in [0.25, 0.3) is 11.6 Å². The SMILES string of the molecule is Cc1ccc(NC(=O)COc2cccc(/C=C(\C#N)c3ccc([N+](=O)[O-])cc3)c2)cc1Cl. The Morgan fingerprint density at radius 3 is 2.59 bits per heavy atom. The standard InChI is InChI=1S/C24H18ClN3O4/c1-16-5-8-20(13-23(16)25)27-24(29)15-32-22-4-2-3-17(12-22)11-19(14-26)18-6-9-21(10-7-18)28(30)31/h2-13H,15H2,1H3,(H,27,29)/b19-11+. The fourth-order valence-corrected chi connectivity index (χ4v) is 3.00. The van der Waals surface area contributed by atoms with Crippen molar-refractivity contribution in [3.63, 3.8) is 0 Å². The summed E-state index contributed by atoms with van der Waals surface area (Å²) in [5, 5.41) is 23.6. The summed E-state index contributed by atoms with van der Waals surface area (Å²) in [4.78, 5) is 22.5. The van der Waals surface area contributed by atoms with Crippen LogP contribution in [0.1, 0.15) is 16.7 Å². The Kier molecular flexibility index (Phi) is 7.21. The number of nitro groups is 1. The first-order valence-corrected chi connectivity index (χ1v) is 9.89. The van der Waals surface area contributed by atoms with Gasteiger partial charge in [-0.05, 0) is 66.1 Å². The van der Waals surface area contributed by atoms with Crippen LogP contribution in [0, 0.1) is 28.4 Å². The topological polar surface area (TPSA) is 105 Å². The lowest BCUT2D eigenvalue weighted by atomic mass is 10.0. The van der Waals surface area contributed by atoms with Gasteiger partial charge in [-0.15, -0.1) is 0 Å². The lowest BCUT2D eigenvalue weighted by molar-refractivity contribution is -0.384. The number of nitrogens with zero attached hydrogens (tertiary/aromatic N) is 2. The fraction of sp³-hybridized carbons (Fsp3) is 0.0833. The molecular weight excluding hydrogens is 430 g/mol. The van der Waals surface area contributed by atoms with E-state index in [0.29, 0.717) is 33.2 Å². The monoisotopic (exact) mass is 447 g/mol. The number of ether oxygens (including phenoxy) is 1. The molecule has 3 aromatic carbocycles. The van der Waals surface area contributed by atoms with Gasteiger partial charge >= 0.3 is 0 Å². The van der Waals surface area contributed by atoms with E-state index in [2.05, 4.69) is 11.4 Å². The molecule has 8 heteroatoms. The highest BCUT2D eigenvalue weighted by Gasteiger charge is 2.08. The van der Waals surface area contributed by atoms with Gasteiger partial charge in [0.15, 0.2) is 6.61 Å². The van der Waals surface area contributed by atoms with Crippen molar-refractivity contribution in [2.24, 2.45) is 0 Å². The molecule has 0 unspecified atom stereocenters. The number of benzene rings is 3. The van der Waals surface area contributed by atoms with Crippen LogP contribution in [0.4, 0.5) is 11.4 Å². The van der Waals surface area contributed by atoms with Crippen LogP contribution >= 0.6 is 11.6 Å². The Morgan fingerprint density at radius 1 is 1.19 bits per heavy atom. The van der Waals surface area contributed by atoms with Crippen LogP contribution in [0.2, 0.25) is 5.02 Å². The van der Waals surface area contributed by atoms with Crippen LogP contribution in [-0.2, 0) is 4.79 Å². The molecule has 0 aliphatic rings. The van der Waals surface area contributed by atoms with Crippen molar-refractivity contribution in [3.05, 3.63) is 98.6 Å². The lowest BCUT2D eigenvalue weighted by Crippen LogP contribution is -2.20. The van der Waals surface area contributed by atoms with Gasteiger partial charge in [0.2, 0.25) is 0 Å². The van der Waals surface area contributed by atoms with E-state index >= 15 is 0 Å². The number of anilines is 1. The van der Waals surface area contributed by atoms with Crippen molar-refractivity contribution < 1.29 is 14.5 Å². The zero-order chi connectivity index (χ0) is 23.1. The molecule has 1 N–H and O–H groups in total. The third kappa shape index (κ3) is 5.94. The summed E-state index contributed by atoms with van der Waals surface area (Å²) >= 11 is 6.07. The van der Waals surface area contributed by atoms with E-state index in [1.54, 1.807) is 42.5 Å². The van der Waals surface area contributed by atoms with Crippen LogP contribution in [-0.4, -0.2) is 17.4 Å². The van der Waals surface area contributed by atoms with E-state index in [-0.39, 0.29) is 18.2 Å². The molecular formula is C24H18ClN3O4. The minimum atomic E-state index is -0.496. The molecule has 160 valence electrons. The number of carbonyl (C=O) groups excluding carboxylic acids is 1. The highest BCUT2D eigenvalue weighted by atomic mass is 35.5. The number of aryl methyl sites for hydroxylation is 1. The third-order valence-electron chi connectivity index (χ3n) is 4.50. The number of nitro benzene ring substituents is 1. The first-order chi connectivity index (χ1) is 15.4. The molecule has 0 heterocycles. The molecule has 0 atom stereocenters. The molecule has 0 aliphatic carbocycles. The normalized spacial score (nSPS) is 10.8. The highest BCUT2D eigenvalue weighted by Crippen LogP contribution is 2.23. The maximum Gasteiger partial charge on any atom is 0.269 e. The van der Waals surface area contributed by atoms with Crippen LogP contribution < -0.4 is 10.1 Å². The maximum atomic E-state index is 12.2. The van der Waals surface area contributed by atoms with Crippen molar-refractivity contribution in [1.29, 1.82) is 5.26 Å². The van der Waals surface area contributed by atoms with E-state index < -0.39 is 4.92 Å². The second-order valence-corrected chi connectivity index (χ2v) is 7.25. The number of nitriles is 1. The number of allylic oxidation sites excluding steroid dienone is 1. The van der Waals surface area contributed by atoms with Gasteiger partial charge in [0, 0.05) is 22.8 Å². The van der Waals surface area contributed by atoms with Crippen LogP contribution in [0.5, 0.6) is 5.75 Å². The maximum absolute atomic E-state index is 12.2. The Labute approximate surface area is 189 Å². The smallest absolute Gasteiger partial charge is 0.269 e. The Bertz CT molecular complexity index is 1230. The number of hydrogen-bond acceptors (Lipinski definition) is 5. The van der Waals surface area contributed by atoms with Crippen LogP contribution in [0.3, 0.4) is 0 Å². The highest BCUT2D eigenvalue weighted by molar-refractivity contribution is 6.31. The van der Waals surface area contributed by atoms with Gasteiger partial charge < -0.3 is 10.1 Å². The van der Waals surface area contributed by atoms with Crippen molar-refractivity contribution in [1.82, 2.24) is 0 Å². The second kappa shape index (κ2) is 10.2. The summed E-state index contributed by atoms with van der Waals surface area (Å²) in [7, 11) is 0. The molecule has 0 aromatic heterocycles. The molecule has 3 aromatic rings. The number of rotatable bonds is 7. The Hall–Kier alpha value is -4.15.